The van der Waals surface area contributed by atoms with Crippen molar-refractivity contribution in [2.45, 2.75) is 20.0 Å². The minimum Gasteiger partial charge on any atom is -0.491 e. The molecule has 0 aliphatic carbocycles. The number of hydrogen-bond donors (Lipinski definition) is 1. The number of halogens is 1. The molecule has 9 heteroatoms. The zero-order valence-corrected chi connectivity index (χ0v) is 18.6. The Hall–Kier alpha value is -2.45. The second-order valence-corrected chi connectivity index (χ2v) is 9.56. The third kappa shape index (κ3) is 6.27. The highest BCUT2D eigenvalue weighted by atomic mass is 35.5. The number of anilines is 2. The van der Waals surface area contributed by atoms with Crippen LogP contribution in [0.1, 0.15) is 13.8 Å². The molecule has 30 heavy (non-hydrogen) atoms. The van der Waals surface area contributed by atoms with Gasteiger partial charge >= 0.3 is 0 Å². The highest BCUT2D eigenvalue weighted by Gasteiger charge is 2.25. The molecule has 2 aromatic carbocycles. The second-order valence-electron chi connectivity index (χ2n) is 7.40. The number of carbonyl (C=O) groups is 1. The fraction of sp³-hybridized carbons (Fsp3) is 0.381. The van der Waals surface area contributed by atoms with Gasteiger partial charge in [-0.1, -0.05) is 17.7 Å². The molecule has 2 aromatic rings. The first-order valence-electron chi connectivity index (χ1n) is 9.77. The van der Waals surface area contributed by atoms with Crippen LogP contribution in [0.2, 0.25) is 5.02 Å². The monoisotopic (exact) mass is 451 g/mol. The van der Waals surface area contributed by atoms with E-state index in [2.05, 4.69) is 9.62 Å². The Bertz CT molecular complexity index is 972. The second kappa shape index (κ2) is 9.57. The summed E-state index contributed by atoms with van der Waals surface area (Å²) < 4.78 is 32.8. The maximum Gasteiger partial charge on any atom is 0.241 e. The average Bonchev–Trinajstić information content (AvgIpc) is 2.68. The van der Waals surface area contributed by atoms with Crippen LogP contribution in [0, 0.1) is 0 Å². The van der Waals surface area contributed by atoms with Gasteiger partial charge in [-0.15, -0.1) is 0 Å². The molecule has 1 heterocycles. The Labute approximate surface area is 182 Å². The van der Waals surface area contributed by atoms with Crippen molar-refractivity contribution in [3.8, 4) is 5.75 Å². The minimum atomic E-state index is -3.80. The summed E-state index contributed by atoms with van der Waals surface area (Å²) in [6.45, 7) is 5.99. The van der Waals surface area contributed by atoms with Crippen molar-refractivity contribution in [2.24, 2.45) is 0 Å². The number of ether oxygens (including phenoxy) is 1. The number of hydrogen-bond acceptors (Lipinski definition) is 5. The molecule has 1 amide bonds. The standard InChI is InChI=1S/C21H26ClN3O4S/c1-16(2)29-20-8-6-18(7-9-20)23-30(27,28)15-21(26)25-12-10-24(11-13-25)19-5-3-4-17(22)14-19/h3-9,14,16,23H,10-13,15H2,1-2H3. The van der Waals surface area contributed by atoms with Gasteiger partial charge in [0.05, 0.1) is 6.10 Å². The van der Waals surface area contributed by atoms with E-state index in [0.717, 1.165) is 5.69 Å². The highest BCUT2D eigenvalue weighted by molar-refractivity contribution is 7.93. The molecule has 162 valence electrons. The number of amides is 1. The van der Waals surface area contributed by atoms with Gasteiger partial charge in [-0.25, -0.2) is 8.42 Å². The van der Waals surface area contributed by atoms with Crippen molar-refractivity contribution < 1.29 is 17.9 Å². The molecular formula is C21H26ClN3O4S. The van der Waals surface area contributed by atoms with E-state index in [9.17, 15) is 13.2 Å². The van der Waals surface area contributed by atoms with Crippen molar-refractivity contribution in [1.82, 2.24) is 4.90 Å². The van der Waals surface area contributed by atoms with E-state index in [1.165, 1.54) is 0 Å². The lowest BCUT2D eigenvalue weighted by Crippen LogP contribution is -2.50. The Kier molecular flexibility index (Phi) is 7.10. The summed E-state index contributed by atoms with van der Waals surface area (Å²) in [5, 5.41) is 0.659. The molecule has 0 unspecified atom stereocenters. The Balaban J connectivity index is 1.52. The predicted octanol–water partition coefficient (Wildman–Crippen LogP) is 3.22. The van der Waals surface area contributed by atoms with Crippen molar-refractivity contribution in [2.75, 3.05) is 41.6 Å². The van der Waals surface area contributed by atoms with Crippen LogP contribution in [-0.2, 0) is 14.8 Å². The first kappa shape index (κ1) is 22.2. The Morgan fingerprint density at radius 1 is 1.10 bits per heavy atom. The number of piperazine rings is 1. The molecule has 0 radical (unpaired) electrons. The summed E-state index contributed by atoms with van der Waals surface area (Å²) in [6, 6.07) is 14.2. The maximum absolute atomic E-state index is 12.5. The fourth-order valence-electron chi connectivity index (χ4n) is 3.23. The summed E-state index contributed by atoms with van der Waals surface area (Å²) in [5.74, 6) is -0.344. The molecule has 0 aromatic heterocycles. The summed E-state index contributed by atoms with van der Waals surface area (Å²) >= 11 is 6.04. The smallest absolute Gasteiger partial charge is 0.241 e. The zero-order chi connectivity index (χ0) is 21.7. The van der Waals surface area contributed by atoms with Gasteiger partial charge in [0.2, 0.25) is 15.9 Å². The number of nitrogens with zero attached hydrogens (tertiary/aromatic N) is 2. The zero-order valence-electron chi connectivity index (χ0n) is 17.0. The third-order valence-corrected chi connectivity index (χ3v) is 6.03. The molecule has 3 rings (SSSR count). The molecule has 0 saturated carbocycles. The van der Waals surface area contributed by atoms with Gasteiger partial charge in [0, 0.05) is 42.6 Å². The van der Waals surface area contributed by atoms with Gasteiger partial charge in [0.25, 0.3) is 0 Å². The van der Waals surface area contributed by atoms with E-state index < -0.39 is 21.7 Å². The van der Waals surface area contributed by atoms with Crippen LogP contribution in [0.15, 0.2) is 48.5 Å². The minimum absolute atomic E-state index is 0.0320. The maximum atomic E-state index is 12.5. The molecule has 7 nitrogen and oxygen atoms in total. The van der Waals surface area contributed by atoms with Gasteiger partial charge in [0.15, 0.2) is 0 Å². The summed E-state index contributed by atoms with van der Waals surface area (Å²) in [4.78, 5) is 16.2. The van der Waals surface area contributed by atoms with Crippen molar-refractivity contribution in [1.29, 1.82) is 0 Å². The Morgan fingerprint density at radius 3 is 2.37 bits per heavy atom. The topological polar surface area (TPSA) is 78.9 Å². The van der Waals surface area contributed by atoms with Crippen molar-refractivity contribution >= 4 is 38.9 Å². The molecule has 1 aliphatic heterocycles. The lowest BCUT2D eigenvalue weighted by molar-refractivity contribution is -0.128. The van der Waals surface area contributed by atoms with Crippen LogP contribution in [0.4, 0.5) is 11.4 Å². The van der Waals surface area contributed by atoms with Gasteiger partial charge in [0.1, 0.15) is 11.5 Å². The largest absolute Gasteiger partial charge is 0.491 e. The first-order valence-corrected chi connectivity index (χ1v) is 11.8. The van der Waals surface area contributed by atoms with E-state index in [1.54, 1.807) is 29.2 Å². The van der Waals surface area contributed by atoms with E-state index in [0.29, 0.717) is 42.6 Å². The summed E-state index contributed by atoms with van der Waals surface area (Å²) in [5.41, 5.74) is 1.39. The molecule has 1 aliphatic rings. The van der Waals surface area contributed by atoms with Gasteiger partial charge in [-0.05, 0) is 56.3 Å². The Morgan fingerprint density at radius 2 is 1.77 bits per heavy atom. The quantitative estimate of drug-likeness (QED) is 0.699. The number of rotatable bonds is 7. The molecular weight excluding hydrogens is 426 g/mol. The normalized spacial score (nSPS) is 14.7. The fourth-order valence-corrected chi connectivity index (χ4v) is 4.49. The third-order valence-electron chi connectivity index (χ3n) is 4.62. The molecule has 0 atom stereocenters. The number of carbonyl (C=O) groups excluding carboxylic acids is 1. The number of sulfonamides is 1. The lowest BCUT2D eigenvalue weighted by Gasteiger charge is -2.36. The molecule has 1 saturated heterocycles. The first-order chi connectivity index (χ1) is 14.2. The number of benzene rings is 2. The van der Waals surface area contributed by atoms with Crippen LogP contribution >= 0.6 is 11.6 Å². The summed E-state index contributed by atoms with van der Waals surface area (Å²) in [6.07, 6.45) is 0.0320. The summed E-state index contributed by atoms with van der Waals surface area (Å²) in [7, 11) is -3.80. The average molecular weight is 452 g/mol. The van der Waals surface area contributed by atoms with Crippen LogP contribution in [0.25, 0.3) is 0 Å². The molecule has 1 N–H and O–H groups in total. The molecule has 1 fully saturated rings. The lowest BCUT2D eigenvalue weighted by atomic mass is 10.2. The van der Waals surface area contributed by atoms with Crippen LogP contribution in [0.5, 0.6) is 5.75 Å². The van der Waals surface area contributed by atoms with Crippen LogP contribution < -0.4 is 14.4 Å². The van der Waals surface area contributed by atoms with Crippen LogP contribution in [-0.4, -0.2) is 57.3 Å². The van der Waals surface area contributed by atoms with Crippen molar-refractivity contribution in [3.05, 3.63) is 53.6 Å². The van der Waals surface area contributed by atoms with Crippen LogP contribution in [0.3, 0.4) is 0 Å². The van der Waals surface area contributed by atoms with Gasteiger partial charge in [-0.3, -0.25) is 9.52 Å². The predicted molar refractivity (Wildman–Crippen MR) is 120 cm³/mol. The van der Waals surface area contributed by atoms with E-state index >= 15 is 0 Å². The molecule has 0 bridgehead atoms. The molecule has 0 spiro atoms. The number of nitrogens with one attached hydrogen (secondary N) is 1. The van der Waals surface area contributed by atoms with Gasteiger partial charge < -0.3 is 14.5 Å². The van der Waals surface area contributed by atoms with E-state index in [1.807, 2.05) is 38.1 Å². The SMILES string of the molecule is CC(C)Oc1ccc(NS(=O)(=O)CC(=O)N2CCN(c3cccc(Cl)c3)CC2)cc1. The van der Waals surface area contributed by atoms with Gasteiger partial charge in [-0.2, -0.15) is 0 Å². The van der Waals surface area contributed by atoms with E-state index in [-0.39, 0.29) is 6.10 Å². The van der Waals surface area contributed by atoms with Crippen molar-refractivity contribution in [3.63, 3.8) is 0 Å². The highest BCUT2D eigenvalue weighted by Crippen LogP contribution is 2.21. The van der Waals surface area contributed by atoms with E-state index in [4.69, 9.17) is 16.3 Å².